The molecule has 2 saturated heterocycles. The van der Waals surface area contributed by atoms with Crippen LogP contribution < -0.4 is 0 Å². The van der Waals surface area contributed by atoms with Crippen LogP contribution >= 0.6 is 0 Å². The number of rotatable bonds is 1. The lowest BCUT2D eigenvalue weighted by atomic mass is 10.0. The second-order valence-electron chi connectivity index (χ2n) is 5.02. The molecule has 2 fully saturated rings. The van der Waals surface area contributed by atoms with Crippen molar-refractivity contribution in [2.45, 2.75) is 32.3 Å². The molecule has 2 rings (SSSR count). The molecule has 0 radical (unpaired) electrons. The summed E-state index contributed by atoms with van der Waals surface area (Å²) in [5, 5.41) is 0. The Morgan fingerprint density at radius 2 is 1.76 bits per heavy atom. The monoisotopic (exact) mass is 240 g/mol. The Kier molecular flexibility index (Phi) is 3.38. The quantitative estimate of drug-likeness (QED) is 0.660. The van der Waals surface area contributed by atoms with E-state index in [1.165, 1.54) is 6.92 Å². The van der Waals surface area contributed by atoms with Gasteiger partial charge in [0.05, 0.1) is 13.2 Å². The molecule has 17 heavy (non-hydrogen) atoms. The first-order valence-corrected chi connectivity index (χ1v) is 6.22. The van der Waals surface area contributed by atoms with Crippen LogP contribution in [-0.2, 0) is 14.3 Å². The predicted molar refractivity (Wildman–Crippen MR) is 62.4 cm³/mol. The van der Waals surface area contributed by atoms with E-state index < -0.39 is 5.60 Å². The minimum Gasteiger partial charge on any atom is -0.362 e. The van der Waals surface area contributed by atoms with Gasteiger partial charge in [0.15, 0.2) is 5.60 Å². The van der Waals surface area contributed by atoms with E-state index in [0.717, 1.165) is 25.9 Å². The summed E-state index contributed by atoms with van der Waals surface area (Å²) in [5.41, 5.74) is -0.853. The molecule has 0 aromatic carbocycles. The summed E-state index contributed by atoms with van der Waals surface area (Å²) in [6.45, 7) is 6.36. The first-order valence-electron chi connectivity index (χ1n) is 6.22. The number of carbonyl (C=O) groups excluding carboxylic acids is 2. The minimum atomic E-state index is -0.853. The third-order valence-corrected chi connectivity index (χ3v) is 3.57. The number of hydrogen-bond acceptors (Lipinski definition) is 3. The highest BCUT2D eigenvalue weighted by Gasteiger charge is 2.42. The summed E-state index contributed by atoms with van der Waals surface area (Å²) in [4.78, 5) is 27.3. The average Bonchev–Trinajstić information content (AvgIpc) is 2.81. The molecule has 96 valence electrons. The van der Waals surface area contributed by atoms with Gasteiger partial charge in [0, 0.05) is 26.6 Å². The van der Waals surface area contributed by atoms with Crippen LogP contribution in [0.3, 0.4) is 0 Å². The highest BCUT2D eigenvalue weighted by atomic mass is 16.5. The van der Waals surface area contributed by atoms with Gasteiger partial charge in [-0.2, -0.15) is 0 Å². The van der Waals surface area contributed by atoms with Crippen molar-refractivity contribution in [2.75, 3.05) is 32.8 Å². The minimum absolute atomic E-state index is 0.00810. The summed E-state index contributed by atoms with van der Waals surface area (Å²) in [5.74, 6) is 0.0368. The van der Waals surface area contributed by atoms with Gasteiger partial charge in [-0.25, -0.2) is 0 Å². The number of hydrogen-bond donors (Lipinski definition) is 0. The maximum atomic E-state index is 12.4. The molecule has 1 atom stereocenters. The van der Waals surface area contributed by atoms with Gasteiger partial charge in [-0.05, 0) is 19.8 Å². The Morgan fingerprint density at radius 3 is 2.35 bits per heavy atom. The zero-order valence-electron chi connectivity index (χ0n) is 10.6. The summed E-state index contributed by atoms with van der Waals surface area (Å²) < 4.78 is 5.63. The summed E-state index contributed by atoms with van der Waals surface area (Å²) in [6.07, 6.45) is 2.14. The predicted octanol–water partition coefficient (Wildman–Crippen LogP) is 0.246. The molecule has 0 spiro atoms. The number of nitrogens with zero attached hydrogens (tertiary/aromatic N) is 2. The van der Waals surface area contributed by atoms with Crippen LogP contribution in [0.4, 0.5) is 0 Å². The standard InChI is InChI=1S/C12H20N2O3/c1-10(15)14-7-8-17-12(2,9-14)11(16)13-5-3-4-6-13/h3-9H2,1-2H3/t12-/m0/s1. The highest BCUT2D eigenvalue weighted by molar-refractivity contribution is 5.86. The van der Waals surface area contributed by atoms with E-state index in [9.17, 15) is 9.59 Å². The maximum absolute atomic E-state index is 12.4. The van der Waals surface area contributed by atoms with E-state index in [2.05, 4.69) is 0 Å². The van der Waals surface area contributed by atoms with Crippen molar-refractivity contribution in [3.8, 4) is 0 Å². The van der Waals surface area contributed by atoms with Crippen LogP contribution in [-0.4, -0.2) is 60.0 Å². The molecule has 0 aromatic rings. The van der Waals surface area contributed by atoms with Gasteiger partial charge in [0.2, 0.25) is 5.91 Å². The molecule has 2 aliphatic rings. The van der Waals surface area contributed by atoms with E-state index >= 15 is 0 Å². The van der Waals surface area contributed by atoms with Crippen molar-refractivity contribution < 1.29 is 14.3 Å². The molecule has 5 nitrogen and oxygen atoms in total. The molecule has 5 heteroatoms. The Hall–Kier alpha value is -1.10. The number of carbonyl (C=O) groups is 2. The number of amides is 2. The Balaban J connectivity index is 2.06. The fourth-order valence-corrected chi connectivity index (χ4v) is 2.52. The van der Waals surface area contributed by atoms with Crippen molar-refractivity contribution in [1.29, 1.82) is 0 Å². The van der Waals surface area contributed by atoms with Crippen molar-refractivity contribution >= 4 is 11.8 Å². The van der Waals surface area contributed by atoms with Gasteiger partial charge in [0.1, 0.15) is 0 Å². The summed E-state index contributed by atoms with van der Waals surface area (Å²) >= 11 is 0. The topological polar surface area (TPSA) is 49.9 Å². The molecule has 0 aliphatic carbocycles. The molecule has 0 unspecified atom stereocenters. The van der Waals surface area contributed by atoms with Crippen LogP contribution in [0.5, 0.6) is 0 Å². The lowest BCUT2D eigenvalue weighted by molar-refractivity contribution is -0.169. The molecular formula is C12H20N2O3. The molecule has 2 amide bonds. The largest absolute Gasteiger partial charge is 0.362 e. The van der Waals surface area contributed by atoms with Gasteiger partial charge in [-0.15, -0.1) is 0 Å². The van der Waals surface area contributed by atoms with Gasteiger partial charge in [0.25, 0.3) is 5.91 Å². The summed E-state index contributed by atoms with van der Waals surface area (Å²) in [7, 11) is 0. The number of morpholine rings is 1. The lowest BCUT2D eigenvalue weighted by Gasteiger charge is -2.40. The van der Waals surface area contributed by atoms with Crippen LogP contribution in [0.25, 0.3) is 0 Å². The second-order valence-corrected chi connectivity index (χ2v) is 5.02. The first kappa shape index (κ1) is 12.4. The van der Waals surface area contributed by atoms with Crippen LogP contribution in [0.15, 0.2) is 0 Å². The number of ether oxygens (including phenoxy) is 1. The molecule has 0 N–H and O–H groups in total. The van der Waals surface area contributed by atoms with Crippen LogP contribution in [0.2, 0.25) is 0 Å². The smallest absolute Gasteiger partial charge is 0.256 e. The van der Waals surface area contributed by atoms with E-state index in [1.54, 1.807) is 11.8 Å². The number of likely N-dealkylation sites (tertiary alicyclic amines) is 1. The lowest BCUT2D eigenvalue weighted by Crippen LogP contribution is -2.59. The first-order chi connectivity index (χ1) is 8.03. The summed E-state index contributed by atoms with van der Waals surface area (Å²) in [6, 6.07) is 0. The van der Waals surface area contributed by atoms with Crippen molar-refractivity contribution in [3.05, 3.63) is 0 Å². The van der Waals surface area contributed by atoms with Crippen molar-refractivity contribution in [2.24, 2.45) is 0 Å². The zero-order chi connectivity index (χ0) is 12.5. The average molecular weight is 240 g/mol. The van der Waals surface area contributed by atoms with Crippen LogP contribution in [0, 0.1) is 0 Å². The fourth-order valence-electron chi connectivity index (χ4n) is 2.52. The fraction of sp³-hybridized carbons (Fsp3) is 0.833. The normalized spacial score (nSPS) is 29.5. The van der Waals surface area contributed by atoms with E-state index in [0.29, 0.717) is 19.7 Å². The van der Waals surface area contributed by atoms with Gasteiger partial charge < -0.3 is 14.5 Å². The van der Waals surface area contributed by atoms with E-state index in [1.807, 2.05) is 4.90 Å². The third-order valence-electron chi connectivity index (χ3n) is 3.57. The Bertz CT molecular complexity index is 326. The van der Waals surface area contributed by atoms with Crippen molar-refractivity contribution in [3.63, 3.8) is 0 Å². The van der Waals surface area contributed by atoms with Gasteiger partial charge >= 0.3 is 0 Å². The Labute approximate surface area is 102 Å². The molecular weight excluding hydrogens is 220 g/mol. The van der Waals surface area contributed by atoms with Crippen molar-refractivity contribution in [1.82, 2.24) is 9.80 Å². The highest BCUT2D eigenvalue weighted by Crippen LogP contribution is 2.23. The van der Waals surface area contributed by atoms with E-state index in [4.69, 9.17) is 4.74 Å². The molecule has 0 aromatic heterocycles. The van der Waals surface area contributed by atoms with E-state index in [-0.39, 0.29) is 11.8 Å². The second kappa shape index (κ2) is 4.64. The Morgan fingerprint density at radius 1 is 1.12 bits per heavy atom. The molecule has 0 bridgehead atoms. The maximum Gasteiger partial charge on any atom is 0.256 e. The molecule has 2 heterocycles. The third kappa shape index (κ3) is 2.44. The van der Waals surface area contributed by atoms with Gasteiger partial charge in [-0.3, -0.25) is 9.59 Å². The SMILES string of the molecule is CC(=O)N1CCO[C@](C)(C(=O)N2CCCC2)C1. The van der Waals surface area contributed by atoms with Crippen LogP contribution in [0.1, 0.15) is 26.7 Å². The molecule has 2 aliphatic heterocycles. The zero-order valence-corrected chi connectivity index (χ0v) is 10.6. The van der Waals surface area contributed by atoms with Gasteiger partial charge in [-0.1, -0.05) is 0 Å². The molecule has 0 saturated carbocycles.